The molecule has 1 N–H and O–H groups in total. The number of nitrogens with zero attached hydrogens (tertiary/aromatic N) is 5. The minimum atomic E-state index is -0.218. The van der Waals surface area contributed by atoms with Crippen molar-refractivity contribution < 1.29 is 4.79 Å². The molecule has 0 bridgehead atoms. The summed E-state index contributed by atoms with van der Waals surface area (Å²) >= 11 is 1.23. The number of rotatable bonds is 4. The molecule has 7 nitrogen and oxygen atoms in total. The Morgan fingerprint density at radius 2 is 2.29 bits per heavy atom. The summed E-state index contributed by atoms with van der Waals surface area (Å²) in [5.41, 5.74) is 0.941. The molecule has 108 valence electrons. The van der Waals surface area contributed by atoms with Crippen molar-refractivity contribution in [2.24, 2.45) is 0 Å². The van der Waals surface area contributed by atoms with Crippen LogP contribution in [0.1, 0.15) is 41.0 Å². The number of hydrogen-bond acceptors (Lipinski definition) is 6. The second-order valence-electron chi connectivity index (χ2n) is 4.86. The van der Waals surface area contributed by atoms with E-state index in [1.807, 2.05) is 26.0 Å². The van der Waals surface area contributed by atoms with Gasteiger partial charge in [0.15, 0.2) is 5.82 Å². The topological polar surface area (TPSA) is 85.1 Å². The minimum absolute atomic E-state index is 0.202. The zero-order chi connectivity index (χ0) is 14.8. The first kappa shape index (κ1) is 13.6. The third kappa shape index (κ3) is 2.75. The first-order chi connectivity index (χ1) is 10.1. The quantitative estimate of drug-likeness (QED) is 0.792. The van der Waals surface area contributed by atoms with Crippen LogP contribution in [0, 0.1) is 0 Å². The molecule has 3 aromatic rings. The maximum absolute atomic E-state index is 12.1. The first-order valence-electron chi connectivity index (χ1n) is 6.54. The molecule has 0 saturated heterocycles. The van der Waals surface area contributed by atoms with Gasteiger partial charge < -0.3 is 5.32 Å². The van der Waals surface area contributed by atoms with Crippen LogP contribution in [0.4, 0.5) is 0 Å². The van der Waals surface area contributed by atoms with Crippen molar-refractivity contribution in [2.75, 3.05) is 0 Å². The van der Waals surface area contributed by atoms with Gasteiger partial charge in [0.05, 0.1) is 0 Å². The van der Waals surface area contributed by atoms with Gasteiger partial charge in [0.1, 0.15) is 0 Å². The molecule has 0 aliphatic rings. The Labute approximate surface area is 125 Å². The van der Waals surface area contributed by atoms with Gasteiger partial charge in [-0.3, -0.25) is 9.78 Å². The number of hydrogen-bond donors (Lipinski definition) is 1. The highest BCUT2D eigenvalue weighted by molar-refractivity contribution is 7.18. The van der Waals surface area contributed by atoms with Crippen LogP contribution in [0.2, 0.25) is 0 Å². The fourth-order valence-corrected chi connectivity index (χ4v) is 2.61. The van der Waals surface area contributed by atoms with E-state index in [-0.39, 0.29) is 11.8 Å². The molecule has 21 heavy (non-hydrogen) atoms. The van der Waals surface area contributed by atoms with Crippen LogP contribution in [-0.2, 0) is 6.54 Å². The molecular weight excluding hydrogens is 288 g/mol. The average Bonchev–Trinajstić information content (AvgIpc) is 3.05. The molecule has 3 heterocycles. The summed E-state index contributed by atoms with van der Waals surface area (Å²) in [7, 11) is 0. The number of carbonyl (C=O) groups is 1. The zero-order valence-electron chi connectivity index (χ0n) is 11.6. The van der Waals surface area contributed by atoms with Crippen molar-refractivity contribution in [3.05, 3.63) is 40.9 Å². The van der Waals surface area contributed by atoms with Crippen LogP contribution in [0.3, 0.4) is 0 Å². The third-order valence-corrected chi connectivity index (χ3v) is 3.80. The maximum Gasteiger partial charge on any atom is 0.282 e. The first-order valence-corrected chi connectivity index (χ1v) is 7.36. The van der Waals surface area contributed by atoms with E-state index in [9.17, 15) is 4.79 Å². The van der Waals surface area contributed by atoms with E-state index < -0.39 is 0 Å². The second-order valence-corrected chi connectivity index (χ2v) is 5.81. The van der Waals surface area contributed by atoms with Crippen molar-refractivity contribution in [3.63, 3.8) is 0 Å². The van der Waals surface area contributed by atoms with E-state index in [0.29, 0.717) is 16.5 Å². The van der Waals surface area contributed by atoms with E-state index in [0.717, 1.165) is 11.4 Å². The lowest BCUT2D eigenvalue weighted by Crippen LogP contribution is -2.23. The summed E-state index contributed by atoms with van der Waals surface area (Å²) < 4.78 is 1.63. The summed E-state index contributed by atoms with van der Waals surface area (Å²) in [6, 6.07) is 3.74. The fraction of sp³-hybridized carbons (Fsp3) is 0.308. The number of pyridine rings is 1. The van der Waals surface area contributed by atoms with Gasteiger partial charge >= 0.3 is 0 Å². The maximum atomic E-state index is 12.1. The minimum Gasteiger partial charge on any atom is -0.346 e. The number of fused-ring (bicyclic) bond motifs is 1. The van der Waals surface area contributed by atoms with E-state index >= 15 is 0 Å². The predicted octanol–water partition coefficient (Wildman–Crippen LogP) is 1.63. The highest BCUT2D eigenvalue weighted by Crippen LogP contribution is 2.18. The van der Waals surface area contributed by atoms with Crippen molar-refractivity contribution in [1.29, 1.82) is 0 Å². The Morgan fingerprint density at radius 1 is 1.43 bits per heavy atom. The van der Waals surface area contributed by atoms with Crippen molar-refractivity contribution >= 4 is 22.2 Å². The van der Waals surface area contributed by atoms with E-state index in [1.54, 1.807) is 16.9 Å². The van der Waals surface area contributed by atoms with Crippen LogP contribution in [0.25, 0.3) is 4.96 Å². The number of amides is 1. The standard InChI is InChI=1S/C13H14N6OS/c1-8(2)10-16-17-13-19(10)18-12(21-13)11(20)15-7-9-4-3-5-14-6-9/h3-6,8H,7H2,1-2H3,(H,15,20). The predicted molar refractivity (Wildman–Crippen MR) is 78.2 cm³/mol. The second kappa shape index (κ2) is 5.57. The van der Waals surface area contributed by atoms with Crippen LogP contribution in [0.5, 0.6) is 0 Å². The summed E-state index contributed by atoms with van der Waals surface area (Å²) in [4.78, 5) is 16.8. The molecule has 0 aliphatic heterocycles. The van der Waals surface area contributed by atoms with Gasteiger partial charge in [-0.15, -0.1) is 15.3 Å². The number of carbonyl (C=O) groups excluding carboxylic acids is 1. The van der Waals surface area contributed by atoms with Gasteiger partial charge in [-0.05, 0) is 11.6 Å². The third-order valence-electron chi connectivity index (χ3n) is 2.90. The van der Waals surface area contributed by atoms with Crippen LogP contribution >= 0.6 is 11.3 Å². The Morgan fingerprint density at radius 3 is 3.00 bits per heavy atom. The van der Waals surface area contributed by atoms with E-state index in [1.165, 1.54) is 11.3 Å². The van der Waals surface area contributed by atoms with Crippen molar-refractivity contribution in [2.45, 2.75) is 26.3 Å². The molecule has 0 atom stereocenters. The van der Waals surface area contributed by atoms with Gasteiger partial charge in [-0.1, -0.05) is 31.3 Å². The van der Waals surface area contributed by atoms with Crippen molar-refractivity contribution in [1.82, 2.24) is 30.1 Å². The molecule has 0 spiro atoms. The molecule has 0 aromatic carbocycles. The molecule has 3 rings (SSSR count). The van der Waals surface area contributed by atoms with Gasteiger partial charge in [0.2, 0.25) is 9.97 Å². The van der Waals surface area contributed by atoms with Gasteiger partial charge in [0.25, 0.3) is 5.91 Å². The zero-order valence-corrected chi connectivity index (χ0v) is 12.5. The summed E-state index contributed by atoms with van der Waals surface area (Å²) in [6.07, 6.45) is 3.41. The fourth-order valence-electron chi connectivity index (χ4n) is 1.84. The Bertz CT molecular complexity index is 763. The lowest BCUT2D eigenvalue weighted by Gasteiger charge is -2.02. The molecule has 0 unspecified atom stereocenters. The van der Waals surface area contributed by atoms with E-state index in [2.05, 4.69) is 25.6 Å². The summed E-state index contributed by atoms with van der Waals surface area (Å²) in [5, 5.41) is 15.6. The molecule has 1 amide bonds. The van der Waals surface area contributed by atoms with E-state index in [4.69, 9.17) is 0 Å². The summed E-state index contributed by atoms with van der Waals surface area (Å²) in [6.45, 7) is 4.44. The molecule has 3 aromatic heterocycles. The lowest BCUT2D eigenvalue weighted by molar-refractivity contribution is 0.0949. The SMILES string of the molecule is CC(C)c1nnc2sc(C(=O)NCc3cccnc3)nn12. The monoisotopic (exact) mass is 302 g/mol. The highest BCUT2D eigenvalue weighted by Gasteiger charge is 2.18. The normalized spacial score (nSPS) is 11.2. The Kier molecular flexibility index (Phi) is 3.61. The Balaban J connectivity index is 1.76. The average molecular weight is 302 g/mol. The van der Waals surface area contributed by atoms with Crippen LogP contribution in [0.15, 0.2) is 24.5 Å². The molecule has 0 aliphatic carbocycles. The van der Waals surface area contributed by atoms with Gasteiger partial charge in [-0.2, -0.15) is 4.52 Å². The molecular formula is C13H14N6OS. The van der Waals surface area contributed by atoms with Gasteiger partial charge in [0, 0.05) is 24.9 Å². The number of nitrogens with one attached hydrogen (secondary N) is 1. The molecule has 0 radical (unpaired) electrons. The smallest absolute Gasteiger partial charge is 0.282 e. The largest absolute Gasteiger partial charge is 0.346 e. The molecule has 8 heteroatoms. The molecule has 0 fully saturated rings. The highest BCUT2D eigenvalue weighted by atomic mass is 32.1. The van der Waals surface area contributed by atoms with Gasteiger partial charge in [-0.25, -0.2) is 0 Å². The lowest BCUT2D eigenvalue weighted by atomic mass is 10.2. The summed E-state index contributed by atoms with van der Waals surface area (Å²) in [5.74, 6) is 0.741. The number of aromatic nitrogens is 5. The molecule has 0 saturated carbocycles. The van der Waals surface area contributed by atoms with Crippen LogP contribution < -0.4 is 5.32 Å². The Hall–Kier alpha value is -2.35. The van der Waals surface area contributed by atoms with Crippen molar-refractivity contribution in [3.8, 4) is 0 Å². The van der Waals surface area contributed by atoms with Crippen LogP contribution in [-0.4, -0.2) is 30.7 Å².